The average molecular weight is 446 g/mol. The molecule has 0 fully saturated rings. The molecule has 1 aromatic carbocycles. The maximum Gasteiger partial charge on any atom is 0.261 e. The summed E-state index contributed by atoms with van der Waals surface area (Å²) >= 11 is 0. The maximum atomic E-state index is 13.2. The van der Waals surface area contributed by atoms with E-state index in [1.807, 2.05) is 42.5 Å². The first-order chi connectivity index (χ1) is 15.5. The molecule has 4 aromatic rings. The van der Waals surface area contributed by atoms with Crippen LogP contribution in [-0.4, -0.2) is 40.0 Å². The number of carbonyl (C=O) groups excluding carboxylic acids is 1. The highest BCUT2D eigenvalue weighted by molar-refractivity contribution is 7.89. The normalized spacial score (nSPS) is 14.2. The number of fused-ring (bicyclic) bond motifs is 1. The molecular weight excluding hydrogens is 426 g/mol. The number of nitrogens with zero attached hydrogens (tertiary/aromatic N) is 3. The fraction of sp³-hybridized carbons (Fsp3) is 0.0870. The van der Waals surface area contributed by atoms with Gasteiger partial charge in [0.25, 0.3) is 10.0 Å². The average Bonchev–Trinajstić information content (AvgIpc) is 3.19. The number of anilines is 2. The van der Waals surface area contributed by atoms with E-state index in [1.54, 1.807) is 24.5 Å². The van der Waals surface area contributed by atoms with Gasteiger partial charge in [-0.25, -0.2) is 13.4 Å². The number of H-pyrrole nitrogens is 1. The Balaban J connectivity index is 1.60. The van der Waals surface area contributed by atoms with Crippen molar-refractivity contribution in [3.8, 4) is 11.3 Å². The minimum absolute atomic E-state index is 0.0362. The summed E-state index contributed by atoms with van der Waals surface area (Å²) in [6.45, 7) is -0.225. The van der Waals surface area contributed by atoms with Crippen LogP contribution in [0.4, 0.5) is 11.4 Å². The van der Waals surface area contributed by atoms with E-state index in [0.717, 1.165) is 15.6 Å². The summed E-state index contributed by atoms with van der Waals surface area (Å²) in [5.74, 6) is -0.291. The number of rotatable bonds is 5. The zero-order chi connectivity index (χ0) is 22.1. The number of hydrogen-bond donors (Lipinski definition) is 2. The van der Waals surface area contributed by atoms with Crippen LogP contribution in [0.5, 0.6) is 0 Å². The van der Waals surface area contributed by atoms with Gasteiger partial charge in [0.05, 0.1) is 30.0 Å². The van der Waals surface area contributed by atoms with Crippen LogP contribution in [0.1, 0.15) is 16.1 Å². The molecule has 0 unspecified atom stereocenters. The van der Waals surface area contributed by atoms with Crippen LogP contribution < -0.4 is 5.32 Å². The van der Waals surface area contributed by atoms with Crippen molar-refractivity contribution < 1.29 is 13.2 Å². The van der Waals surface area contributed by atoms with Gasteiger partial charge in [-0.15, -0.1) is 0 Å². The largest absolute Gasteiger partial charge is 0.355 e. The van der Waals surface area contributed by atoms with Crippen LogP contribution in [0, 0.1) is 0 Å². The van der Waals surface area contributed by atoms with Crippen molar-refractivity contribution in [2.24, 2.45) is 0 Å². The Kier molecular flexibility index (Phi) is 5.04. The number of carbonyl (C=O) groups is 1. The summed E-state index contributed by atoms with van der Waals surface area (Å²) < 4.78 is 27.3. The molecule has 5 rings (SSSR count). The molecule has 0 saturated heterocycles. The highest BCUT2D eigenvalue weighted by Crippen LogP contribution is 2.38. The van der Waals surface area contributed by atoms with Gasteiger partial charge in [-0.1, -0.05) is 24.3 Å². The standard InChI is InChI=1S/C23H19N5O3S/c29-19-15-28(32(30,31)20-8-4-5-11-25-20)14-18-21(19)23(26-17-6-2-1-3-7-17)22(27-18)16-9-12-24-13-10-16/h1-13,26-27H,14-15H2. The molecule has 0 amide bonds. The molecule has 1 aliphatic rings. The first-order valence-electron chi connectivity index (χ1n) is 9.96. The minimum Gasteiger partial charge on any atom is -0.355 e. The van der Waals surface area contributed by atoms with Crippen molar-refractivity contribution in [3.05, 3.63) is 90.5 Å². The number of ketones is 1. The number of sulfonamides is 1. The van der Waals surface area contributed by atoms with Gasteiger partial charge in [0.1, 0.15) is 0 Å². The highest BCUT2D eigenvalue weighted by Gasteiger charge is 2.37. The van der Waals surface area contributed by atoms with Gasteiger partial charge in [0.15, 0.2) is 10.8 Å². The first-order valence-corrected chi connectivity index (χ1v) is 11.4. The SMILES string of the molecule is O=C1CN(S(=O)(=O)c2ccccn2)Cc2[nH]c(-c3ccncc3)c(Nc3ccccc3)c21. The Labute approximate surface area is 185 Å². The fourth-order valence-electron chi connectivity index (χ4n) is 3.78. The number of Topliss-reactive ketones (excluding diaryl/α,β-unsaturated/α-hetero) is 1. The number of hydrogen-bond acceptors (Lipinski definition) is 6. The lowest BCUT2D eigenvalue weighted by molar-refractivity contribution is 0.0950. The molecule has 160 valence electrons. The number of aromatic amines is 1. The summed E-state index contributed by atoms with van der Waals surface area (Å²) in [6, 6.07) is 17.9. The van der Waals surface area contributed by atoms with Crippen LogP contribution in [0.3, 0.4) is 0 Å². The van der Waals surface area contributed by atoms with E-state index >= 15 is 0 Å². The Morgan fingerprint density at radius 3 is 2.38 bits per heavy atom. The van der Waals surface area contributed by atoms with Gasteiger partial charge in [0.2, 0.25) is 0 Å². The number of benzene rings is 1. The zero-order valence-electron chi connectivity index (χ0n) is 16.9. The van der Waals surface area contributed by atoms with E-state index < -0.39 is 10.0 Å². The Bertz CT molecular complexity index is 1370. The minimum atomic E-state index is -3.91. The second kappa shape index (κ2) is 8.03. The lowest BCUT2D eigenvalue weighted by atomic mass is 10.0. The van der Waals surface area contributed by atoms with E-state index in [2.05, 4.69) is 20.3 Å². The van der Waals surface area contributed by atoms with E-state index in [-0.39, 0.29) is 23.9 Å². The van der Waals surface area contributed by atoms with Crippen LogP contribution >= 0.6 is 0 Å². The highest BCUT2D eigenvalue weighted by atomic mass is 32.2. The van der Waals surface area contributed by atoms with Crippen LogP contribution in [-0.2, 0) is 16.6 Å². The molecule has 9 heteroatoms. The monoisotopic (exact) mass is 445 g/mol. The predicted molar refractivity (Wildman–Crippen MR) is 120 cm³/mol. The second-order valence-corrected chi connectivity index (χ2v) is 9.20. The third-order valence-corrected chi connectivity index (χ3v) is 6.97. The number of para-hydroxylation sites is 1. The van der Waals surface area contributed by atoms with Crippen LogP contribution in [0.2, 0.25) is 0 Å². The molecule has 8 nitrogen and oxygen atoms in total. The summed E-state index contributed by atoms with van der Waals surface area (Å²) in [6.07, 6.45) is 4.75. The van der Waals surface area contributed by atoms with Crippen molar-refractivity contribution in [2.45, 2.75) is 11.6 Å². The molecule has 0 aliphatic carbocycles. The third kappa shape index (κ3) is 3.57. The van der Waals surface area contributed by atoms with Gasteiger partial charge in [0, 0.05) is 35.5 Å². The number of pyridine rings is 2. The zero-order valence-corrected chi connectivity index (χ0v) is 17.7. The lowest BCUT2D eigenvalue weighted by Gasteiger charge is -2.25. The number of nitrogens with one attached hydrogen (secondary N) is 2. The van der Waals surface area contributed by atoms with Crippen molar-refractivity contribution >= 4 is 27.2 Å². The summed E-state index contributed by atoms with van der Waals surface area (Å²) in [5.41, 5.74) is 3.98. The van der Waals surface area contributed by atoms with E-state index in [1.165, 1.54) is 12.3 Å². The van der Waals surface area contributed by atoms with Gasteiger partial charge >= 0.3 is 0 Å². The molecule has 2 N–H and O–H groups in total. The number of aromatic nitrogens is 3. The first kappa shape index (κ1) is 20.1. The van der Waals surface area contributed by atoms with Crippen molar-refractivity contribution in [3.63, 3.8) is 0 Å². The molecule has 0 radical (unpaired) electrons. The van der Waals surface area contributed by atoms with Gasteiger partial charge in [-0.3, -0.25) is 9.78 Å². The van der Waals surface area contributed by atoms with Crippen LogP contribution in [0.25, 0.3) is 11.3 Å². The molecular formula is C23H19N5O3S. The van der Waals surface area contributed by atoms with Gasteiger partial charge < -0.3 is 10.3 Å². The van der Waals surface area contributed by atoms with E-state index in [4.69, 9.17) is 0 Å². The topological polar surface area (TPSA) is 108 Å². The fourth-order valence-corrected chi connectivity index (χ4v) is 5.07. The molecule has 1 aliphatic heterocycles. The quantitative estimate of drug-likeness (QED) is 0.486. The van der Waals surface area contributed by atoms with Gasteiger partial charge in [-0.05, 0) is 36.4 Å². The Morgan fingerprint density at radius 2 is 1.66 bits per heavy atom. The summed E-state index contributed by atoms with van der Waals surface area (Å²) in [4.78, 5) is 24.5. The summed E-state index contributed by atoms with van der Waals surface area (Å²) in [7, 11) is -3.91. The van der Waals surface area contributed by atoms with E-state index in [0.29, 0.717) is 22.6 Å². The molecule has 0 spiro atoms. The molecule has 0 saturated carbocycles. The predicted octanol–water partition coefficient (Wildman–Crippen LogP) is 3.60. The van der Waals surface area contributed by atoms with Crippen LogP contribution in [0.15, 0.2) is 84.3 Å². The third-order valence-electron chi connectivity index (χ3n) is 5.27. The van der Waals surface area contributed by atoms with Crippen molar-refractivity contribution in [2.75, 3.05) is 11.9 Å². The maximum absolute atomic E-state index is 13.2. The smallest absolute Gasteiger partial charge is 0.261 e. The Morgan fingerprint density at radius 1 is 0.906 bits per heavy atom. The van der Waals surface area contributed by atoms with Crippen molar-refractivity contribution in [1.82, 2.24) is 19.3 Å². The van der Waals surface area contributed by atoms with Crippen molar-refractivity contribution in [1.29, 1.82) is 0 Å². The lowest BCUT2D eigenvalue weighted by Crippen LogP contribution is -2.39. The second-order valence-electron chi connectivity index (χ2n) is 7.32. The van der Waals surface area contributed by atoms with Gasteiger partial charge in [-0.2, -0.15) is 4.31 Å². The summed E-state index contributed by atoms with van der Waals surface area (Å²) in [5, 5.41) is 3.26. The molecule has 0 bridgehead atoms. The molecule has 0 atom stereocenters. The molecule has 32 heavy (non-hydrogen) atoms. The molecule has 4 heterocycles. The Hall–Kier alpha value is -3.82. The molecule has 3 aromatic heterocycles. The van der Waals surface area contributed by atoms with E-state index in [9.17, 15) is 13.2 Å².